The van der Waals surface area contributed by atoms with Gasteiger partial charge in [0.25, 0.3) is 0 Å². The summed E-state index contributed by atoms with van der Waals surface area (Å²) < 4.78 is 0. The lowest BCUT2D eigenvalue weighted by atomic mass is 9.60. The van der Waals surface area contributed by atoms with Crippen LogP contribution in [0, 0.1) is 11.8 Å². The summed E-state index contributed by atoms with van der Waals surface area (Å²) in [5, 5.41) is 11.5. The van der Waals surface area contributed by atoms with E-state index in [2.05, 4.69) is 5.32 Å². The number of aliphatic carboxylic acids is 1. The molecule has 0 aromatic carbocycles. The van der Waals surface area contributed by atoms with E-state index in [1.807, 2.05) is 13.8 Å². The summed E-state index contributed by atoms with van der Waals surface area (Å²) in [4.78, 5) is 21.8. The van der Waals surface area contributed by atoms with Gasteiger partial charge < -0.3 is 10.4 Å². The molecule has 74 valence electrons. The van der Waals surface area contributed by atoms with Crippen molar-refractivity contribution in [3.05, 3.63) is 0 Å². The van der Waals surface area contributed by atoms with E-state index < -0.39 is 11.5 Å². The maximum absolute atomic E-state index is 11.0. The van der Waals surface area contributed by atoms with Crippen LogP contribution in [0.3, 0.4) is 0 Å². The third-order valence-electron chi connectivity index (χ3n) is 3.06. The molecular formula is C9H15NO3. The van der Waals surface area contributed by atoms with Crippen LogP contribution in [0.2, 0.25) is 0 Å². The van der Waals surface area contributed by atoms with E-state index in [1.54, 1.807) is 0 Å². The highest BCUT2D eigenvalue weighted by atomic mass is 16.4. The zero-order chi connectivity index (χ0) is 10.2. The van der Waals surface area contributed by atoms with Crippen molar-refractivity contribution in [1.29, 1.82) is 0 Å². The minimum Gasteiger partial charge on any atom is -0.479 e. The van der Waals surface area contributed by atoms with E-state index in [-0.39, 0.29) is 11.8 Å². The molecule has 1 aliphatic rings. The fourth-order valence-electron chi connectivity index (χ4n) is 2.01. The zero-order valence-corrected chi connectivity index (χ0v) is 8.13. The Morgan fingerprint density at radius 2 is 2.00 bits per heavy atom. The van der Waals surface area contributed by atoms with E-state index >= 15 is 0 Å². The molecule has 3 atom stereocenters. The molecule has 1 saturated carbocycles. The fourth-order valence-corrected chi connectivity index (χ4v) is 2.01. The van der Waals surface area contributed by atoms with Gasteiger partial charge in [-0.15, -0.1) is 0 Å². The maximum atomic E-state index is 11.0. The smallest absolute Gasteiger partial charge is 0.329 e. The summed E-state index contributed by atoms with van der Waals surface area (Å²) in [5.74, 6) is -0.827. The average molecular weight is 185 g/mol. The Bertz CT molecular complexity index is 251. The topological polar surface area (TPSA) is 66.4 Å². The number of carbonyl (C=O) groups excluding carboxylic acids is 1. The SMILES string of the molecule is CC(=O)NC1(C(=O)O)CC(C)C1C. The first-order chi connectivity index (χ1) is 5.90. The van der Waals surface area contributed by atoms with Crippen LogP contribution in [0.4, 0.5) is 0 Å². The second-order valence-corrected chi connectivity index (χ2v) is 3.93. The van der Waals surface area contributed by atoms with Gasteiger partial charge in [0.05, 0.1) is 0 Å². The number of nitrogens with one attached hydrogen (secondary N) is 1. The van der Waals surface area contributed by atoms with E-state index in [0.717, 1.165) is 0 Å². The first kappa shape index (κ1) is 10.0. The lowest BCUT2D eigenvalue weighted by molar-refractivity contribution is -0.159. The number of carbonyl (C=O) groups is 2. The van der Waals surface area contributed by atoms with Crippen molar-refractivity contribution in [2.24, 2.45) is 11.8 Å². The van der Waals surface area contributed by atoms with Gasteiger partial charge >= 0.3 is 5.97 Å². The molecule has 0 spiro atoms. The van der Waals surface area contributed by atoms with Gasteiger partial charge in [-0.25, -0.2) is 4.79 Å². The predicted molar refractivity (Wildman–Crippen MR) is 47.1 cm³/mol. The summed E-state index contributed by atoms with van der Waals surface area (Å²) in [7, 11) is 0. The Morgan fingerprint density at radius 3 is 2.23 bits per heavy atom. The standard InChI is InChI=1S/C9H15NO3/c1-5-4-9(6(5)2,8(12)13)10-7(3)11/h5-6H,4H2,1-3H3,(H,10,11)(H,12,13). The van der Waals surface area contributed by atoms with Crippen molar-refractivity contribution in [2.45, 2.75) is 32.7 Å². The molecule has 0 radical (unpaired) electrons. The van der Waals surface area contributed by atoms with Gasteiger partial charge in [0, 0.05) is 6.92 Å². The average Bonchev–Trinajstić information content (AvgIpc) is 2.01. The molecule has 1 aliphatic carbocycles. The van der Waals surface area contributed by atoms with Crippen LogP contribution in [0.15, 0.2) is 0 Å². The molecule has 1 rings (SSSR count). The molecule has 0 saturated heterocycles. The van der Waals surface area contributed by atoms with Gasteiger partial charge in [0.15, 0.2) is 0 Å². The molecule has 1 fully saturated rings. The molecule has 2 N–H and O–H groups in total. The molecule has 4 nitrogen and oxygen atoms in total. The second-order valence-electron chi connectivity index (χ2n) is 3.93. The summed E-state index contributed by atoms with van der Waals surface area (Å²) in [5.41, 5.74) is -1.01. The van der Waals surface area contributed by atoms with Crippen LogP contribution in [0.1, 0.15) is 27.2 Å². The molecule has 0 aromatic rings. The van der Waals surface area contributed by atoms with E-state index in [4.69, 9.17) is 5.11 Å². The lowest BCUT2D eigenvalue weighted by Gasteiger charge is -2.49. The second kappa shape index (κ2) is 3.01. The number of rotatable bonds is 2. The van der Waals surface area contributed by atoms with Gasteiger partial charge in [0.1, 0.15) is 5.54 Å². The van der Waals surface area contributed by atoms with Crippen molar-refractivity contribution in [3.63, 3.8) is 0 Å². The summed E-state index contributed by atoms with van der Waals surface area (Å²) >= 11 is 0. The predicted octanol–water partition coefficient (Wildman–Crippen LogP) is 0.622. The van der Waals surface area contributed by atoms with Crippen LogP contribution in [-0.2, 0) is 9.59 Å². The molecule has 13 heavy (non-hydrogen) atoms. The maximum Gasteiger partial charge on any atom is 0.329 e. The number of hydrogen-bond acceptors (Lipinski definition) is 2. The summed E-state index contributed by atoms with van der Waals surface area (Å²) in [6, 6.07) is 0. The van der Waals surface area contributed by atoms with Crippen molar-refractivity contribution in [2.75, 3.05) is 0 Å². The van der Waals surface area contributed by atoms with Gasteiger partial charge in [-0.3, -0.25) is 4.79 Å². The Labute approximate surface area is 77.3 Å². The molecule has 0 bridgehead atoms. The Balaban J connectivity index is 2.79. The van der Waals surface area contributed by atoms with Crippen LogP contribution >= 0.6 is 0 Å². The number of amides is 1. The van der Waals surface area contributed by atoms with E-state index in [0.29, 0.717) is 12.3 Å². The van der Waals surface area contributed by atoms with Crippen molar-refractivity contribution in [1.82, 2.24) is 5.32 Å². The van der Waals surface area contributed by atoms with Crippen molar-refractivity contribution < 1.29 is 14.7 Å². The quantitative estimate of drug-likeness (QED) is 0.662. The highest BCUT2D eigenvalue weighted by Crippen LogP contribution is 2.43. The summed E-state index contributed by atoms with van der Waals surface area (Å²) in [6.45, 7) is 5.20. The monoisotopic (exact) mass is 185 g/mol. The van der Waals surface area contributed by atoms with E-state index in [9.17, 15) is 9.59 Å². The van der Waals surface area contributed by atoms with Gasteiger partial charge in [0.2, 0.25) is 5.91 Å². The number of carboxylic acid groups (broad SMARTS) is 1. The Kier molecular flexibility index (Phi) is 2.32. The minimum absolute atomic E-state index is 0.00824. The molecule has 1 amide bonds. The summed E-state index contributed by atoms with van der Waals surface area (Å²) in [6.07, 6.45) is 0.531. The highest BCUT2D eigenvalue weighted by Gasteiger charge is 2.55. The molecule has 4 heteroatoms. The third-order valence-corrected chi connectivity index (χ3v) is 3.06. The Hall–Kier alpha value is -1.06. The van der Waals surface area contributed by atoms with E-state index in [1.165, 1.54) is 6.92 Å². The van der Waals surface area contributed by atoms with Crippen LogP contribution in [-0.4, -0.2) is 22.5 Å². The Morgan fingerprint density at radius 1 is 1.46 bits per heavy atom. The minimum atomic E-state index is -1.01. The third kappa shape index (κ3) is 1.41. The van der Waals surface area contributed by atoms with Crippen molar-refractivity contribution >= 4 is 11.9 Å². The molecule has 3 unspecified atom stereocenters. The van der Waals surface area contributed by atoms with Crippen molar-refractivity contribution in [3.8, 4) is 0 Å². The molecule has 0 heterocycles. The molecule has 0 aromatic heterocycles. The largest absolute Gasteiger partial charge is 0.479 e. The van der Waals surface area contributed by atoms with Gasteiger partial charge in [-0.1, -0.05) is 13.8 Å². The lowest BCUT2D eigenvalue weighted by Crippen LogP contribution is -2.67. The molecular weight excluding hydrogens is 170 g/mol. The van der Waals surface area contributed by atoms with Crippen LogP contribution in [0.25, 0.3) is 0 Å². The number of carboxylic acids is 1. The molecule has 0 aliphatic heterocycles. The highest BCUT2D eigenvalue weighted by molar-refractivity contribution is 5.87. The fraction of sp³-hybridized carbons (Fsp3) is 0.778. The van der Waals surface area contributed by atoms with Gasteiger partial charge in [-0.05, 0) is 18.3 Å². The van der Waals surface area contributed by atoms with Crippen LogP contribution < -0.4 is 5.32 Å². The normalized spacial score (nSPS) is 37.8. The van der Waals surface area contributed by atoms with Crippen LogP contribution in [0.5, 0.6) is 0 Å². The van der Waals surface area contributed by atoms with Gasteiger partial charge in [-0.2, -0.15) is 0 Å². The first-order valence-electron chi connectivity index (χ1n) is 4.42. The zero-order valence-electron chi connectivity index (χ0n) is 8.13. The number of hydrogen-bond donors (Lipinski definition) is 2. The first-order valence-corrected chi connectivity index (χ1v) is 4.42.